The molecule has 0 spiro atoms. The molecule has 1 amide bonds. The topological polar surface area (TPSA) is 100 Å². The average Bonchev–Trinajstić information content (AvgIpc) is 2.51. The zero-order valence-corrected chi connectivity index (χ0v) is 13.1. The average molecular weight is 307 g/mol. The Morgan fingerprint density at radius 2 is 2.32 bits per heavy atom. The van der Waals surface area contributed by atoms with Crippen molar-refractivity contribution in [1.82, 2.24) is 4.98 Å². The molecule has 1 atom stereocenters. The molecule has 1 aromatic rings. The van der Waals surface area contributed by atoms with Gasteiger partial charge >= 0.3 is 0 Å². The number of hydrogen-bond acceptors (Lipinski definition) is 5. The van der Waals surface area contributed by atoms with Crippen molar-refractivity contribution in [3.63, 3.8) is 0 Å². The maximum Gasteiger partial charge on any atom is 0.254 e. The molecule has 0 unspecified atom stereocenters. The first-order valence-corrected chi connectivity index (χ1v) is 7.90. The Morgan fingerprint density at radius 3 is 3.05 bits per heavy atom. The number of aromatic nitrogens is 1. The molecule has 0 radical (unpaired) electrons. The van der Waals surface area contributed by atoms with E-state index >= 15 is 0 Å². The van der Waals surface area contributed by atoms with Crippen molar-refractivity contribution in [2.24, 2.45) is 11.5 Å². The van der Waals surface area contributed by atoms with E-state index in [2.05, 4.69) is 11.9 Å². The van der Waals surface area contributed by atoms with Gasteiger partial charge in [-0.2, -0.15) is 0 Å². The van der Waals surface area contributed by atoms with Gasteiger partial charge in [-0.15, -0.1) is 0 Å². The van der Waals surface area contributed by atoms with Crippen LogP contribution < -0.4 is 16.2 Å². The highest BCUT2D eigenvalue weighted by Crippen LogP contribution is 2.23. The van der Waals surface area contributed by atoms with E-state index in [4.69, 9.17) is 20.9 Å². The number of fused-ring (bicyclic) bond motifs is 1. The Hall–Kier alpha value is -1.66. The highest BCUT2D eigenvalue weighted by Gasteiger charge is 2.19. The lowest BCUT2D eigenvalue weighted by Gasteiger charge is -2.18. The van der Waals surface area contributed by atoms with Crippen molar-refractivity contribution in [3.8, 4) is 5.88 Å². The Balaban J connectivity index is 1.98. The summed E-state index contributed by atoms with van der Waals surface area (Å²) in [4.78, 5) is 16.0. The Morgan fingerprint density at radius 1 is 1.50 bits per heavy atom. The second kappa shape index (κ2) is 8.10. The maximum absolute atomic E-state index is 11.6. The molecule has 0 saturated carbocycles. The molecule has 4 N–H and O–H groups in total. The molecule has 122 valence electrons. The smallest absolute Gasteiger partial charge is 0.254 e. The van der Waals surface area contributed by atoms with Crippen molar-refractivity contribution in [1.29, 1.82) is 0 Å². The summed E-state index contributed by atoms with van der Waals surface area (Å²) in [5.41, 5.74) is 13.6. The van der Waals surface area contributed by atoms with Gasteiger partial charge in [-0.05, 0) is 25.3 Å². The molecule has 0 aliphatic carbocycles. The SMILES string of the molecule is CCC[C@H](N)CCCOc1nc2c(cc1C(N)=O)COCC2. The zero-order chi connectivity index (χ0) is 15.9. The molecule has 2 rings (SSSR count). The number of hydrogen-bond donors (Lipinski definition) is 2. The minimum absolute atomic E-state index is 0.206. The Bertz CT molecular complexity index is 520. The van der Waals surface area contributed by atoms with Crippen molar-refractivity contribution < 1.29 is 14.3 Å². The second-order valence-corrected chi connectivity index (χ2v) is 5.65. The number of pyridine rings is 1. The Kier molecular flexibility index (Phi) is 6.15. The molecule has 2 heterocycles. The summed E-state index contributed by atoms with van der Waals surface area (Å²) in [6, 6.07) is 1.94. The first kappa shape index (κ1) is 16.7. The van der Waals surface area contributed by atoms with Crippen LogP contribution in [0.15, 0.2) is 6.07 Å². The van der Waals surface area contributed by atoms with Crippen LogP contribution in [0.1, 0.15) is 54.2 Å². The van der Waals surface area contributed by atoms with Gasteiger partial charge in [0.1, 0.15) is 5.56 Å². The van der Waals surface area contributed by atoms with Crippen LogP contribution in [-0.4, -0.2) is 30.1 Å². The van der Waals surface area contributed by atoms with E-state index in [1.165, 1.54) is 0 Å². The molecule has 0 bridgehead atoms. The van der Waals surface area contributed by atoms with Gasteiger partial charge in [-0.1, -0.05) is 13.3 Å². The van der Waals surface area contributed by atoms with Gasteiger partial charge in [0, 0.05) is 18.0 Å². The zero-order valence-electron chi connectivity index (χ0n) is 13.1. The number of amides is 1. The maximum atomic E-state index is 11.6. The first-order chi connectivity index (χ1) is 10.6. The van der Waals surface area contributed by atoms with Gasteiger partial charge in [0.15, 0.2) is 0 Å². The number of rotatable bonds is 8. The van der Waals surface area contributed by atoms with Crippen LogP contribution in [0.3, 0.4) is 0 Å². The van der Waals surface area contributed by atoms with E-state index in [-0.39, 0.29) is 6.04 Å². The van der Waals surface area contributed by atoms with Gasteiger partial charge in [-0.3, -0.25) is 4.79 Å². The lowest BCUT2D eigenvalue weighted by atomic mass is 10.1. The molecule has 1 aliphatic heterocycles. The van der Waals surface area contributed by atoms with Gasteiger partial charge in [0.2, 0.25) is 5.88 Å². The van der Waals surface area contributed by atoms with Crippen molar-refractivity contribution in [2.75, 3.05) is 13.2 Å². The van der Waals surface area contributed by atoms with Crippen molar-refractivity contribution in [3.05, 3.63) is 22.9 Å². The summed E-state index contributed by atoms with van der Waals surface area (Å²) >= 11 is 0. The second-order valence-electron chi connectivity index (χ2n) is 5.65. The molecular formula is C16H25N3O3. The summed E-state index contributed by atoms with van der Waals surface area (Å²) in [5.74, 6) is -0.198. The van der Waals surface area contributed by atoms with E-state index in [1.54, 1.807) is 6.07 Å². The standard InChI is InChI=1S/C16H25N3O3/c1-2-4-12(17)5-3-7-22-16-13(15(18)20)9-11-10-21-8-6-14(11)19-16/h9,12H,2-8,10,17H2,1H3,(H2,18,20)/t12-/m0/s1. The molecule has 0 aromatic carbocycles. The third kappa shape index (κ3) is 4.42. The predicted octanol–water partition coefficient (Wildman–Crippen LogP) is 1.54. The molecule has 0 fully saturated rings. The van der Waals surface area contributed by atoms with E-state index in [1.807, 2.05) is 0 Å². The fraction of sp³-hybridized carbons (Fsp3) is 0.625. The van der Waals surface area contributed by atoms with Gasteiger partial charge in [0.05, 0.1) is 25.5 Å². The van der Waals surface area contributed by atoms with Crippen LogP contribution in [-0.2, 0) is 17.8 Å². The monoisotopic (exact) mass is 307 g/mol. The van der Waals surface area contributed by atoms with E-state index in [0.717, 1.165) is 43.4 Å². The van der Waals surface area contributed by atoms with Crippen LogP contribution in [0.2, 0.25) is 0 Å². The summed E-state index contributed by atoms with van der Waals surface area (Å²) in [7, 11) is 0. The summed E-state index contributed by atoms with van der Waals surface area (Å²) in [6.07, 6.45) is 4.57. The van der Waals surface area contributed by atoms with Crippen LogP contribution in [0.25, 0.3) is 0 Å². The highest BCUT2D eigenvalue weighted by atomic mass is 16.5. The molecule has 6 heteroatoms. The van der Waals surface area contributed by atoms with Crippen LogP contribution in [0.4, 0.5) is 0 Å². The molecular weight excluding hydrogens is 282 g/mol. The van der Waals surface area contributed by atoms with Crippen LogP contribution in [0, 0.1) is 0 Å². The molecule has 0 saturated heterocycles. The minimum atomic E-state index is -0.529. The quantitative estimate of drug-likeness (QED) is 0.709. The van der Waals surface area contributed by atoms with E-state index in [9.17, 15) is 4.79 Å². The lowest BCUT2D eigenvalue weighted by molar-refractivity contribution is 0.0988. The van der Waals surface area contributed by atoms with Gasteiger partial charge < -0.3 is 20.9 Å². The third-order valence-electron chi connectivity index (χ3n) is 3.78. The van der Waals surface area contributed by atoms with Gasteiger partial charge in [-0.25, -0.2) is 4.98 Å². The first-order valence-electron chi connectivity index (χ1n) is 7.90. The van der Waals surface area contributed by atoms with Gasteiger partial charge in [0.25, 0.3) is 5.91 Å². The molecule has 1 aliphatic rings. The number of nitrogens with two attached hydrogens (primary N) is 2. The number of carbonyl (C=O) groups excluding carboxylic acids is 1. The van der Waals surface area contributed by atoms with Crippen molar-refractivity contribution >= 4 is 5.91 Å². The summed E-state index contributed by atoms with van der Waals surface area (Å²) in [6.45, 7) is 3.71. The van der Waals surface area contributed by atoms with Crippen molar-refractivity contribution in [2.45, 2.75) is 51.7 Å². The number of nitrogens with zero attached hydrogens (tertiary/aromatic N) is 1. The van der Waals surface area contributed by atoms with E-state index in [0.29, 0.717) is 31.3 Å². The third-order valence-corrected chi connectivity index (χ3v) is 3.78. The minimum Gasteiger partial charge on any atom is -0.477 e. The van der Waals surface area contributed by atoms with Crippen LogP contribution >= 0.6 is 0 Å². The van der Waals surface area contributed by atoms with Crippen LogP contribution in [0.5, 0.6) is 5.88 Å². The van der Waals surface area contributed by atoms with E-state index < -0.39 is 5.91 Å². The highest BCUT2D eigenvalue weighted by molar-refractivity contribution is 5.95. The number of carbonyl (C=O) groups is 1. The molecule has 1 aromatic heterocycles. The lowest BCUT2D eigenvalue weighted by Crippen LogP contribution is -2.21. The Labute approximate surface area is 131 Å². The largest absolute Gasteiger partial charge is 0.477 e. The fourth-order valence-corrected chi connectivity index (χ4v) is 2.58. The molecule has 6 nitrogen and oxygen atoms in total. The number of primary amides is 1. The normalized spacial score (nSPS) is 15.2. The predicted molar refractivity (Wildman–Crippen MR) is 83.7 cm³/mol. The summed E-state index contributed by atoms with van der Waals surface area (Å²) < 4.78 is 11.1. The molecule has 22 heavy (non-hydrogen) atoms. The summed E-state index contributed by atoms with van der Waals surface area (Å²) in [5, 5.41) is 0. The number of ether oxygens (including phenoxy) is 2. The fourth-order valence-electron chi connectivity index (χ4n) is 2.58.